The van der Waals surface area contributed by atoms with Gasteiger partial charge in [0.1, 0.15) is 6.04 Å². The molecule has 15 heavy (non-hydrogen) atoms. The van der Waals surface area contributed by atoms with Gasteiger partial charge in [-0.15, -0.1) is 0 Å². The smallest absolute Gasteiger partial charge is 0.311 e. The number of likely N-dealkylation sites (N-methyl/N-ethyl adjacent to an activating group) is 2. The van der Waals surface area contributed by atoms with Crippen LogP contribution in [0.5, 0.6) is 0 Å². The molecule has 4 nitrogen and oxygen atoms in total. The zero-order chi connectivity index (χ0) is 11.0. The van der Waals surface area contributed by atoms with Gasteiger partial charge in [-0.2, -0.15) is 0 Å². The number of benzene rings is 1. The van der Waals surface area contributed by atoms with Crippen LogP contribution in [0.15, 0.2) is 30.3 Å². The zero-order valence-electron chi connectivity index (χ0n) is 8.68. The third-order valence-electron chi connectivity index (χ3n) is 2.66. The highest BCUT2D eigenvalue weighted by Gasteiger charge is 2.41. The van der Waals surface area contributed by atoms with Crippen LogP contribution in [-0.2, 0) is 4.79 Å². The van der Waals surface area contributed by atoms with E-state index in [4.69, 9.17) is 0 Å². The van der Waals surface area contributed by atoms with Crippen LogP contribution in [0.1, 0.15) is 11.6 Å². The minimum Gasteiger partial charge on any atom is -0.311 e. The van der Waals surface area contributed by atoms with Crippen molar-refractivity contribution in [2.24, 2.45) is 0 Å². The van der Waals surface area contributed by atoms with E-state index in [2.05, 4.69) is 0 Å². The summed E-state index contributed by atoms with van der Waals surface area (Å²) in [7, 11) is 3.14. The van der Waals surface area contributed by atoms with Gasteiger partial charge in [0.25, 0.3) is 5.91 Å². The monoisotopic (exact) mass is 204 g/mol. The molecule has 0 spiro atoms. The zero-order valence-corrected chi connectivity index (χ0v) is 8.68. The van der Waals surface area contributed by atoms with E-state index in [9.17, 15) is 9.59 Å². The summed E-state index contributed by atoms with van der Waals surface area (Å²) in [6.45, 7) is 0. The molecule has 0 bridgehead atoms. The van der Waals surface area contributed by atoms with E-state index in [0.717, 1.165) is 10.5 Å². The molecular formula is C11H12N2O2. The van der Waals surface area contributed by atoms with Crippen LogP contribution in [0.3, 0.4) is 0 Å². The number of amides is 3. The second kappa shape index (κ2) is 3.38. The quantitative estimate of drug-likeness (QED) is 0.646. The summed E-state index contributed by atoms with van der Waals surface area (Å²) in [5.74, 6) is -0.172. The molecule has 0 saturated carbocycles. The molecule has 0 unspecified atom stereocenters. The molecule has 1 atom stereocenters. The Hall–Kier alpha value is -1.84. The van der Waals surface area contributed by atoms with Crippen molar-refractivity contribution in [1.29, 1.82) is 0 Å². The Morgan fingerprint density at radius 2 is 1.67 bits per heavy atom. The van der Waals surface area contributed by atoms with Crippen LogP contribution in [0.4, 0.5) is 4.79 Å². The summed E-state index contributed by atoms with van der Waals surface area (Å²) in [5.41, 5.74) is 0.850. The van der Waals surface area contributed by atoms with E-state index in [1.807, 2.05) is 30.3 Å². The highest BCUT2D eigenvalue weighted by atomic mass is 16.2. The molecule has 1 aromatic rings. The minimum absolute atomic E-state index is 0.172. The second-order valence-electron chi connectivity index (χ2n) is 3.60. The number of imide groups is 1. The molecule has 0 N–H and O–H groups in total. The van der Waals surface area contributed by atoms with Gasteiger partial charge < -0.3 is 4.90 Å². The molecule has 1 aromatic carbocycles. The van der Waals surface area contributed by atoms with Gasteiger partial charge in [-0.05, 0) is 5.56 Å². The van der Waals surface area contributed by atoms with Crippen LogP contribution in [0.2, 0.25) is 0 Å². The average molecular weight is 204 g/mol. The van der Waals surface area contributed by atoms with Crippen molar-refractivity contribution in [3.05, 3.63) is 35.9 Å². The van der Waals surface area contributed by atoms with Crippen molar-refractivity contribution < 1.29 is 9.59 Å². The summed E-state index contributed by atoms with van der Waals surface area (Å²) in [5, 5.41) is 0. The lowest BCUT2D eigenvalue weighted by Gasteiger charge is -2.15. The van der Waals surface area contributed by atoms with Crippen molar-refractivity contribution in [2.45, 2.75) is 6.04 Å². The fourth-order valence-electron chi connectivity index (χ4n) is 1.79. The van der Waals surface area contributed by atoms with Crippen LogP contribution >= 0.6 is 0 Å². The van der Waals surface area contributed by atoms with Gasteiger partial charge in [0.05, 0.1) is 0 Å². The maximum Gasteiger partial charge on any atom is 0.327 e. The Bertz CT molecular complexity index is 402. The van der Waals surface area contributed by atoms with Gasteiger partial charge in [-0.1, -0.05) is 30.3 Å². The van der Waals surface area contributed by atoms with Crippen LogP contribution in [0, 0.1) is 0 Å². The lowest BCUT2D eigenvalue weighted by molar-refractivity contribution is -0.127. The van der Waals surface area contributed by atoms with E-state index in [1.165, 1.54) is 11.9 Å². The molecule has 0 aromatic heterocycles. The van der Waals surface area contributed by atoms with Gasteiger partial charge in [-0.3, -0.25) is 9.69 Å². The van der Waals surface area contributed by atoms with Crippen molar-refractivity contribution in [3.8, 4) is 0 Å². The van der Waals surface area contributed by atoms with Crippen molar-refractivity contribution in [3.63, 3.8) is 0 Å². The molecule has 78 valence electrons. The molecule has 1 saturated heterocycles. The van der Waals surface area contributed by atoms with E-state index in [1.54, 1.807) is 7.05 Å². The molecule has 0 aliphatic carbocycles. The van der Waals surface area contributed by atoms with E-state index in [0.29, 0.717) is 0 Å². The number of hydrogen-bond acceptors (Lipinski definition) is 2. The van der Waals surface area contributed by atoms with Gasteiger partial charge in [0.15, 0.2) is 0 Å². The summed E-state index contributed by atoms with van der Waals surface area (Å²) >= 11 is 0. The Morgan fingerprint density at radius 3 is 2.13 bits per heavy atom. The topological polar surface area (TPSA) is 40.6 Å². The average Bonchev–Trinajstić information content (AvgIpc) is 2.45. The van der Waals surface area contributed by atoms with Crippen molar-refractivity contribution >= 4 is 11.9 Å². The van der Waals surface area contributed by atoms with E-state index >= 15 is 0 Å². The third-order valence-corrected chi connectivity index (χ3v) is 2.66. The molecule has 3 amide bonds. The Balaban J connectivity index is 2.39. The number of rotatable bonds is 1. The summed E-state index contributed by atoms with van der Waals surface area (Å²) in [6.07, 6.45) is 0. The lowest BCUT2D eigenvalue weighted by Crippen LogP contribution is -2.27. The second-order valence-corrected chi connectivity index (χ2v) is 3.60. The van der Waals surface area contributed by atoms with Crippen molar-refractivity contribution in [2.75, 3.05) is 14.1 Å². The fourth-order valence-corrected chi connectivity index (χ4v) is 1.79. The maximum atomic E-state index is 11.8. The van der Waals surface area contributed by atoms with Gasteiger partial charge in [0.2, 0.25) is 0 Å². The first-order valence-electron chi connectivity index (χ1n) is 4.72. The molecular weight excluding hydrogens is 192 g/mol. The molecule has 1 aliphatic heterocycles. The molecule has 0 radical (unpaired) electrons. The molecule has 4 heteroatoms. The number of carbonyl (C=O) groups is 2. The van der Waals surface area contributed by atoms with Crippen molar-refractivity contribution in [1.82, 2.24) is 9.80 Å². The SMILES string of the molecule is CN1C(=O)[C@@H](c2ccccc2)N(C)C1=O. The normalized spacial score (nSPS) is 21.3. The Kier molecular flexibility index (Phi) is 2.19. The first-order valence-corrected chi connectivity index (χ1v) is 4.72. The van der Waals surface area contributed by atoms with E-state index in [-0.39, 0.29) is 11.9 Å². The van der Waals surface area contributed by atoms with E-state index < -0.39 is 6.04 Å². The third kappa shape index (κ3) is 1.38. The summed E-state index contributed by atoms with van der Waals surface area (Å²) in [6, 6.07) is 8.59. The number of carbonyl (C=O) groups excluding carboxylic acids is 2. The predicted molar refractivity (Wildman–Crippen MR) is 55.1 cm³/mol. The number of nitrogens with zero attached hydrogens (tertiary/aromatic N) is 2. The molecule has 2 rings (SSSR count). The van der Waals surface area contributed by atoms with Crippen LogP contribution in [-0.4, -0.2) is 35.8 Å². The van der Waals surface area contributed by atoms with Crippen LogP contribution in [0.25, 0.3) is 0 Å². The first-order chi connectivity index (χ1) is 7.13. The van der Waals surface area contributed by atoms with Gasteiger partial charge >= 0.3 is 6.03 Å². The lowest BCUT2D eigenvalue weighted by atomic mass is 10.1. The highest BCUT2D eigenvalue weighted by molar-refractivity contribution is 6.04. The largest absolute Gasteiger partial charge is 0.327 e. The summed E-state index contributed by atoms with van der Waals surface area (Å²) < 4.78 is 0. The molecule has 1 aliphatic rings. The maximum absolute atomic E-state index is 11.8. The van der Waals surface area contributed by atoms with Gasteiger partial charge in [0, 0.05) is 14.1 Å². The number of urea groups is 1. The highest BCUT2D eigenvalue weighted by Crippen LogP contribution is 2.27. The number of hydrogen-bond donors (Lipinski definition) is 0. The minimum atomic E-state index is -0.469. The van der Waals surface area contributed by atoms with Crippen LogP contribution < -0.4 is 0 Å². The Morgan fingerprint density at radius 1 is 1.07 bits per heavy atom. The summed E-state index contributed by atoms with van der Waals surface area (Å²) in [4.78, 5) is 25.9. The van der Waals surface area contributed by atoms with Gasteiger partial charge in [-0.25, -0.2) is 4.79 Å². The molecule has 1 fully saturated rings. The Labute approximate surface area is 88.1 Å². The first kappa shape index (κ1) is 9.71. The fraction of sp³-hybridized carbons (Fsp3) is 0.273. The molecule has 1 heterocycles. The standard InChI is InChI=1S/C11H12N2O2/c1-12-9(8-6-4-3-5-7-8)10(14)13(2)11(12)15/h3-7,9H,1-2H3/t9-/m1/s1. The predicted octanol–water partition coefficient (Wildman–Crippen LogP) is 1.25.